The number of anilines is 3. The minimum Gasteiger partial charge on any atom is -0.396 e. The van der Waals surface area contributed by atoms with Crippen LogP contribution >= 0.6 is 0 Å². The van der Waals surface area contributed by atoms with Crippen LogP contribution in [0.25, 0.3) is 11.3 Å². The number of carbonyl (C=O) groups excluding carboxylic acids is 1. The van der Waals surface area contributed by atoms with Gasteiger partial charge in [-0.05, 0) is 55.5 Å². The maximum absolute atomic E-state index is 12.6. The predicted molar refractivity (Wildman–Crippen MR) is 144 cm³/mol. The molecule has 2 aromatic heterocycles. The van der Waals surface area contributed by atoms with E-state index < -0.39 is 10.8 Å². The molecule has 1 fully saturated rings. The van der Waals surface area contributed by atoms with Crippen molar-refractivity contribution in [2.75, 3.05) is 35.7 Å². The van der Waals surface area contributed by atoms with Gasteiger partial charge < -0.3 is 20.4 Å². The molecule has 1 spiro atoms. The van der Waals surface area contributed by atoms with Crippen LogP contribution in [-0.4, -0.2) is 60.8 Å². The first-order chi connectivity index (χ1) is 17.9. The molecule has 1 aliphatic carbocycles. The molecule has 1 aliphatic heterocycles. The van der Waals surface area contributed by atoms with Crippen LogP contribution in [0.4, 0.5) is 17.3 Å². The Morgan fingerprint density at radius 1 is 1.11 bits per heavy atom. The molecule has 10 heteroatoms. The van der Waals surface area contributed by atoms with E-state index in [4.69, 9.17) is 10.2 Å². The van der Waals surface area contributed by atoms with Gasteiger partial charge in [0.25, 0.3) is 0 Å². The number of fused-ring (bicyclic) bond motifs is 2. The van der Waals surface area contributed by atoms with E-state index in [1.165, 1.54) is 12.5 Å². The van der Waals surface area contributed by atoms with E-state index in [-0.39, 0.29) is 17.9 Å². The van der Waals surface area contributed by atoms with Crippen molar-refractivity contribution in [1.82, 2.24) is 15.0 Å². The van der Waals surface area contributed by atoms with Crippen molar-refractivity contribution < 1.29 is 19.2 Å². The Balaban J connectivity index is 0.000000747. The molecule has 1 atom stereocenters. The molecule has 2 aliphatic rings. The largest absolute Gasteiger partial charge is 0.396 e. The fourth-order valence-corrected chi connectivity index (χ4v) is 5.42. The first kappa shape index (κ1) is 26.8. The molecular formula is C27H33N5O4S. The quantitative estimate of drug-likeness (QED) is 0.409. The fraction of sp³-hybridized carbons (Fsp3) is 0.407. The topological polar surface area (TPSA) is 129 Å². The lowest BCUT2D eigenvalue weighted by Crippen LogP contribution is -2.21. The number of aliphatic hydroxyl groups excluding tert-OH is 2. The average Bonchev–Trinajstić information content (AvgIpc) is 3.63. The van der Waals surface area contributed by atoms with Gasteiger partial charge in [-0.1, -0.05) is 13.0 Å². The highest BCUT2D eigenvalue weighted by Gasteiger charge is 2.52. The number of aromatic nitrogens is 3. The van der Waals surface area contributed by atoms with Gasteiger partial charge in [-0.2, -0.15) is 0 Å². The van der Waals surface area contributed by atoms with Gasteiger partial charge in [-0.3, -0.25) is 14.0 Å². The summed E-state index contributed by atoms with van der Waals surface area (Å²) >= 11 is 0. The molecular weight excluding hydrogens is 490 g/mol. The highest BCUT2D eigenvalue weighted by atomic mass is 32.2. The number of carbonyl (C=O) groups is 1. The summed E-state index contributed by atoms with van der Waals surface area (Å²) in [6.07, 6.45) is 8.76. The van der Waals surface area contributed by atoms with Crippen molar-refractivity contribution in [3.8, 4) is 11.3 Å². The second kappa shape index (κ2) is 11.9. The Hall–Kier alpha value is -3.21. The Labute approximate surface area is 219 Å². The summed E-state index contributed by atoms with van der Waals surface area (Å²) in [5.41, 5.74) is 4.52. The number of nitrogens with zero attached hydrogens (tertiary/aromatic N) is 4. The van der Waals surface area contributed by atoms with Crippen molar-refractivity contribution in [1.29, 1.82) is 0 Å². The number of aliphatic hydroxyl groups is 2. The monoisotopic (exact) mass is 523 g/mol. The van der Waals surface area contributed by atoms with Gasteiger partial charge in [0.05, 0.1) is 16.5 Å². The van der Waals surface area contributed by atoms with E-state index in [0.29, 0.717) is 36.1 Å². The minimum absolute atomic E-state index is 0.0364. The molecule has 0 bridgehead atoms. The fourth-order valence-electron chi connectivity index (χ4n) is 4.33. The van der Waals surface area contributed by atoms with Crippen molar-refractivity contribution in [3.63, 3.8) is 0 Å². The number of hydrogen-bond donors (Lipinski definition) is 3. The maximum atomic E-state index is 12.6. The molecule has 1 unspecified atom stereocenters. The summed E-state index contributed by atoms with van der Waals surface area (Å²) in [4.78, 5) is 27.8. The standard InChI is InChI=1S/C24H25N5O3S.C3H8O/c1-16(31)28-18-5-8-25-21(11-18)17-13-26-23(27-14-17)29-15-24(6-7-24)20-4-3-19(12-22(20)29)33(32)10-2-9-30;1-2-3-4/h3-5,8,11-14,30H,2,6-7,9-10,15H2,1H3,(H,25,28,31);4H,2-3H2,1H3. The molecule has 37 heavy (non-hydrogen) atoms. The minimum atomic E-state index is -1.15. The SMILES string of the molecule is CC(=O)Nc1ccnc(-c2cnc(N3CC4(CC4)c4ccc(S(=O)CCCO)cc43)nc2)c1.CCCO. The van der Waals surface area contributed by atoms with Crippen molar-refractivity contribution in [3.05, 3.63) is 54.5 Å². The molecule has 0 radical (unpaired) electrons. The van der Waals surface area contributed by atoms with E-state index >= 15 is 0 Å². The van der Waals surface area contributed by atoms with E-state index in [0.717, 1.165) is 42.0 Å². The van der Waals surface area contributed by atoms with Crippen molar-refractivity contribution in [2.45, 2.75) is 49.8 Å². The van der Waals surface area contributed by atoms with Crippen LogP contribution in [0.1, 0.15) is 45.1 Å². The molecule has 3 heterocycles. The van der Waals surface area contributed by atoms with Crippen LogP contribution in [0.5, 0.6) is 0 Å². The van der Waals surface area contributed by atoms with E-state index in [2.05, 4.69) is 31.2 Å². The number of benzene rings is 1. The van der Waals surface area contributed by atoms with Gasteiger partial charge in [0.1, 0.15) is 0 Å². The van der Waals surface area contributed by atoms with Crippen LogP contribution < -0.4 is 10.2 Å². The predicted octanol–water partition coefficient (Wildman–Crippen LogP) is 3.56. The Morgan fingerprint density at radius 3 is 2.46 bits per heavy atom. The third-order valence-corrected chi connectivity index (χ3v) is 7.81. The molecule has 3 N–H and O–H groups in total. The summed E-state index contributed by atoms with van der Waals surface area (Å²) in [6.45, 7) is 4.56. The summed E-state index contributed by atoms with van der Waals surface area (Å²) in [5.74, 6) is 0.896. The number of rotatable bonds is 8. The highest BCUT2D eigenvalue weighted by molar-refractivity contribution is 7.85. The number of hydrogen-bond acceptors (Lipinski definition) is 8. The normalized spacial score (nSPS) is 15.5. The lowest BCUT2D eigenvalue weighted by molar-refractivity contribution is -0.114. The van der Waals surface area contributed by atoms with Crippen LogP contribution in [0.15, 0.2) is 53.8 Å². The zero-order valence-corrected chi connectivity index (χ0v) is 22.0. The van der Waals surface area contributed by atoms with E-state index in [9.17, 15) is 9.00 Å². The summed E-state index contributed by atoms with van der Waals surface area (Å²) in [7, 11) is -1.15. The third kappa shape index (κ3) is 6.20. The van der Waals surface area contributed by atoms with E-state index in [1.54, 1.807) is 30.7 Å². The van der Waals surface area contributed by atoms with Gasteiger partial charge in [-0.25, -0.2) is 9.97 Å². The van der Waals surface area contributed by atoms with Crippen molar-refractivity contribution >= 4 is 34.0 Å². The first-order valence-corrected chi connectivity index (χ1v) is 13.8. The Kier molecular flexibility index (Phi) is 8.63. The smallest absolute Gasteiger partial charge is 0.229 e. The van der Waals surface area contributed by atoms with E-state index in [1.807, 2.05) is 19.1 Å². The zero-order chi connectivity index (χ0) is 26.4. The summed E-state index contributed by atoms with van der Waals surface area (Å²) < 4.78 is 12.6. The first-order valence-electron chi connectivity index (χ1n) is 12.5. The molecule has 0 saturated heterocycles. The van der Waals surface area contributed by atoms with Crippen LogP contribution in [0, 0.1) is 0 Å². The molecule has 9 nitrogen and oxygen atoms in total. The maximum Gasteiger partial charge on any atom is 0.229 e. The Bertz CT molecular complexity index is 1260. The zero-order valence-electron chi connectivity index (χ0n) is 21.2. The van der Waals surface area contributed by atoms with Crippen LogP contribution in [-0.2, 0) is 21.0 Å². The molecule has 5 rings (SSSR count). The average molecular weight is 524 g/mol. The lowest BCUT2D eigenvalue weighted by Gasteiger charge is -2.18. The molecule has 1 amide bonds. The molecule has 196 valence electrons. The number of amides is 1. The Morgan fingerprint density at radius 2 is 1.84 bits per heavy atom. The molecule has 3 aromatic rings. The second-order valence-electron chi connectivity index (χ2n) is 9.28. The summed E-state index contributed by atoms with van der Waals surface area (Å²) in [6, 6.07) is 9.57. The van der Waals surface area contributed by atoms with Crippen molar-refractivity contribution in [2.24, 2.45) is 0 Å². The molecule has 1 saturated carbocycles. The van der Waals surface area contributed by atoms with Crippen LogP contribution in [0.3, 0.4) is 0 Å². The summed E-state index contributed by atoms with van der Waals surface area (Å²) in [5, 5.41) is 19.7. The highest BCUT2D eigenvalue weighted by Crippen LogP contribution is 2.57. The number of pyridine rings is 1. The van der Waals surface area contributed by atoms with Gasteiger partial charge in [0.2, 0.25) is 11.9 Å². The lowest BCUT2D eigenvalue weighted by atomic mass is 9.99. The van der Waals surface area contributed by atoms with Crippen LogP contribution in [0.2, 0.25) is 0 Å². The molecule has 1 aromatic carbocycles. The van der Waals surface area contributed by atoms with Gasteiger partial charge >= 0.3 is 0 Å². The van der Waals surface area contributed by atoms with Gasteiger partial charge in [0, 0.05) is 78.3 Å². The van der Waals surface area contributed by atoms with Gasteiger partial charge in [0.15, 0.2) is 0 Å². The third-order valence-electron chi connectivity index (χ3n) is 6.38. The van der Waals surface area contributed by atoms with Gasteiger partial charge in [-0.15, -0.1) is 0 Å². The second-order valence-corrected chi connectivity index (χ2v) is 10.8. The number of nitrogens with one attached hydrogen (secondary N) is 1.